The summed E-state index contributed by atoms with van der Waals surface area (Å²) >= 11 is 0. The van der Waals surface area contributed by atoms with Crippen molar-refractivity contribution in [2.75, 3.05) is 26.2 Å². The molecule has 0 fully saturated rings. The molecule has 0 rings (SSSR count). The van der Waals surface area contributed by atoms with Gasteiger partial charge in [-0.25, -0.2) is 0 Å². The molecule has 0 aliphatic rings. The molecule has 0 heterocycles. The molecule has 25 heavy (non-hydrogen) atoms. The molecular weight excluding hydrogens is 826 g/mol. The van der Waals surface area contributed by atoms with Crippen LogP contribution in [0.2, 0.25) is 0 Å². The molecule has 2 nitrogen and oxygen atoms in total. The molecule has 0 amide bonds. The minimum atomic E-state index is 0. The summed E-state index contributed by atoms with van der Waals surface area (Å²) in [6.07, 6.45) is 11.1. The summed E-state index contributed by atoms with van der Waals surface area (Å²) in [6, 6.07) is 0. The van der Waals surface area contributed by atoms with Crippen molar-refractivity contribution in [3.8, 4) is 0 Å². The maximum atomic E-state index is 7.50. The summed E-state index contributed by atoms with van der Waals surface area (Å²) in [6.45, 7) is 19.5. The number of nitrogens with zero attached hydrogens (tertiary/aromatic N) is 1. The average molecular weight is 862 g/mol. The second kappa shape index (κ2) is 41.2. The smallest absolute Gasteiger partial charge is 3.00 e. The quantitative estimate of drug-likeness (QED) is 0.106. The molecule has 0 spiro atoms. The van der Waals surface area contributed by atoms with E-state index in [2.05, 4.69) is 34.3 Å². The van der Waals surface area contributed by atoms with Crippen LogP contribution in [-0.2, 0) is 24.8 Å². The van der Waals surface area contributed by atoms with Gasteiger partial charge in [0.1, 0.15) is 0 Å². The molecule has 0 N–H and O–H groups in total. The molecule has 0 radical (unpaired) electrons. The third-order valence-electron chi connectivity index (χ3n) is 3.94. The fourth-order valence-corrected chi connectivity index (χ4v) is 2.64. The molecule has 0 bridgehead atoms. The Morgan fingerprint density at radius 1 is 0.520 bits per heavy atom. The Hall–Kier alpha value is 2.75. The number of unbranched alkanes of at least 4 members (excludes halogenated alkanes) is 4. The zero-order chi connectivity index (χ0) is 15.0. The van der Waals surface area contributed by atoms with Gasteiger partial charge in [-0.15, -0.1) is 0 Å². The summed E-state index contributed by atoms with van der Waals surface area (Å²) in [5, 5.41) is 0. The van der Waals surface area contributed by atoms with Crippen LogP contribution in [0.1, 0.15) is 79.1 Å². The average Bonchev–Trinajstić information content (AvgIpc) is 2.48. The second-order valence-corrected chi connectivity index (χ2v) is 5.65. The Labute approximate surface area is 223 Å². The molecule has 160 valence electrons. The summed E-state index contributed by atoms with van der Waals surface area (Å²) in [5.41, 5.74) is 0. The standard InChI is InChI=1S/C16H36N.CO.5BrH.Ir/c1-5-9-13-17(14-10-6-2,15-11-7-3)16-12-8-4;1-2;;;;;;/h5-16H2,1-4H3;;5*1H;/q+1;;;;;;;+3/p-5. The molecule has 0 aliphatic heterocycles. The summed E-state index contributed by atoms with van der Waals surface area (Å²) < 4.78 is 8.92. The normalized spacial score (nSPS) is 8.24. The van der Waals surface area contributed by atoms with Crippen LogP contribution in [0.4, 0.5) is 0 Å². The maximum Gasteiger partial charge on any atom is 3.00 e. The summed E-state index contributed by atoms with van der Waals surface area (Å²) in [5.74, 6) is 0. The zero-order valence-electron chi connectivity index (χ0n) is 16.1. The van der Waals surface area contributed by atoms with E-state index in [4.69, 9.17) is 4.65 Å². The van der Waals surface area contributed by atoms with Crippen LogP contribution < -0.4 is 84.9 Å². The van der Waals surface area contributed by atoms with Crippen molar-refractivity contribution in [3.05, 3.63) is 6.65 Å². The van der Waals surface area contributed by atoms with Gasteiger partial charge in [-0.3, -0.25) is 0 Å². The first-order chi connectivity index (χ1) is 9.24. The summed E-state index contributed by atoms with van der Waals surface area (Å²) in [7, 11) is 0. The van der Waals surface area contributed by atoms with E-state index in [1.165, 1.54) is 82.0 Å². The first kappa shape index (κ1) is 50.9. The Balaban J connectivity index is -0.0000000579. The zero-order valence-corrected chi connectivity index (χ0v) is 26.4. The van der Waals surface area contributed by atoms with E-state index in [1.54, 1.807) is 0 Å². The van der Waals surface area contributed by atoms with Crippen molar-refractivity contribution < 1.29 is 114 Å². The van der Waals surface area contributed by atoms with Gasteiger partial charge in [-0.2, -0.15) is 0 Å². The fourth-order valence-electron chi connectivity index (χ4n) is 2.64. The van der Waals surface area contributed by atoms with Crippen molar-refractivity contribution in [1.82, 2.24) is 0 Å². The molecule has 0 saturated heterocycles. The first-order valence-electron chi connectivity index (χ1n) is 8.30. The van der Waals surface area contributed by atoms with Gasteiger partial charge in [0.15, 0.2) is 0 Å². The minimum Gasteiger partial charge on any atom is 3.00 e. The molecule has 0 aliphatic carbocycles. The topological polar surface area (TPSA) is 19.9 Å². The van der Waals surface area contributed by atoms with Gasteiger partial charge in [0.2, 0.25) is 0 Å². The molecule has 0 atom stereocenters. The number of quaternary nitrogens is 1. The van der Waals surface area contributed by atoms with Crippen LogP contribution in [0.3, 0.4) is 0 Å². The molecule has 0 saturated carbocycles. The van der Waals surface area contributed by atoms with Crippen molar-refractivity contribution in [1.29, 1.82) is 0 Å². The predicted molar refractivity (Wildman–Crippen MR) is 83.3 cm³/mol. The number of halogens is 5. The van der Waals surface area contributed by atoms with E-state index >= 15 is 0 Å². The van der Waals surface area contributed by atoms with Crippen LogP contribution in [0, 0.1) is 6.65 Å². The Kier molecular flexibility index (Phi) is 83.9. The van der Waals surface area contributed by atoms with Gasteiger partial charge >= 0.3 is 31.4 Å². The van der Waals surface area contributed by atoms with E-state index in [1.807, 2.05) is 0 Å². The molecule has 0 aromatic rings. The number of hydrogen-bond donors (Lipinski definition) is 0. The Bertz CT molecular complexity index is 175. The molecule has 0 unspecified atom stereocenters. The van der Waals surface area contributed by atoms with E-state index < -0.39 is 0 Å². The van der Waals surface area contributed by atoms with Gasteiger partial charge in [-0.1, -0.05) is 53.4 Å². The SMILES string of the molecule is CCCC[N+](CCCC)(CCCC)CCCC.[Br-].[Br-].[Br-].[Br-].[Br-].[C-]#[O+].[Ir+3]. The largest absolute Gasteiger partial charge is 3.00 e. The van der Waals surface area contributed by atoms with Crippen molar-refractivity contribution in [3.63, 3.8) is 0 Å². The molecule has 8 heteroatoms. The van der Waals surface area contributed by atoms with E-state index in [9.17, 15) is 0 Å². The van der Waals surface area contributed by atoms with Crippen LogP contribution in [0.25, 0.3) is 0 Å². The van der Waals surface area contributed by atoms with E-state index in [-0.39, 0.29) is 105 Å². The monoisotopic (exact) mass is 858 g/mol. The summed E-state index contributed by atoms with van der Waals surface area (Å²) in [4.78, 5) is 0. The van der Waals surface area contributed by atoms with Crippen molar-refractivity contribution in [2.24, 2.45) is 0 Å². The Morgan fingerprint density at radius 2 is 0.680 bits per heavy atom. The fraction of sp³-hybridized carbons (Fsp3) is 0.941. The van der Waals surface area contributed by atoms with Crippen LogP contribution in [0.15, 0.2) is 0 Å². The van der Waals surface area contributed by atoms with Crippen LogP contribution >= 0.6 is 0 Å². The maximum absolute atomic E-state index is 7.50. The Morgan fingerprint density at radius 3 is 0.800 bits per heavy atom. The molecule has 0 aromatic carbocycles. The van der Waals surface area contributed by atoms with Gasteiger partial charge in [-0.05, 0) is 25.7 Å². The van der Waals surface area contributed by atoms with Gasteiger partial charge < -0.3 is 89.4 Å². The second-order valence-electron chi connectivity index (χ2n) is 5.65. The third-order valence-corrected chi connectivity index (χ3v) is 3.94. The third kappa shape index (κ3) is 31.7. The van der Waals surface area contributed by atoms with Gasteiger partial charge in [0.25, 0.3) is 0 Å². The van der Waals surface area contributed by atoms with Crippen molar-refractivity contribution in [2.45, 2.75) is 79.1 Å². The van der Waals surface area contributed by atoms with E-state index in [0.717, 1.165) is 0 Å². The molecule has 0 aromatic heterocycles. The number of rotatable bonds is 12. The number of hydrogen-bond acceptors (Lipinski definition) is 0. The van der Waals surface area contributed by atoms with Crippen LogP contribution in [0.5, 0.6) is 0 Å². The van der Waals surface area contributed by atoms with Gasteiger partial charge in [0, 0.05) is 0 Å². The first-order valence-corrected chi connectivity index (χ1v) is 8.30. The molecular formula is C17H36Br5IrNO-. The van der Waals surface area contributed by atoms with Gasteiger partial charge in [0.05, 0.1) is 26.2 Å². The van der Waals surface area contributed by atoms with E-state index in [0.29, 0.717) is 0 Å². The van der Waals surface area contributed by atoms with Crippen molar-refractivity contribution >= 4 is 0 Å². The minimum absolute atomic E-state index is 0. The predicted octanol–water partition coefficient (Wildman–Crippen LogP) is -10.0. The van der Waals surface area contributed by atoms with Crippen LogP contribution in [-0.4, -0.2) is 30.7 Å².